The minimum absolute atomic E-state index is 0.416. The van der Waals surface area contributed by atoms with Crippen LogP contribution in [0, 0.1) is 6.92 Å². The Kier molecular flexibility index (Phi) is 6.45. The lowest BCUT2D eigenvalue weighted by Gasteiger charge is -2.03. The van der Waals surface area contributed by atoms with E-state index in [-0.39, 0.29) is 0 Å². The molecular formula is C17H14BrNO4S. The smallest absolute Gasteiger partial charge is 0.331 e. The van der Waals surface area contributed by atoms with Crippen molar-refractivity contribution in [1.82, 2.24) is 5.32 Å². The molecule has 0 atom stereocenters. The molecule has 0 saturated heterocycles. The summed E-state index contributed by atoms with van der Waals surface area (Å²) < 4.78 is 5.66. The highest BCUT2D eigenvalue weighted by Gasteiger charge is 2.12. The zero-order chi connectivity index (χ0) is 17.5. The number of hydrogen-bond donors (Lipinski definition) is 1. The zero-order valence-electron chi connectivity index (χ0n) is 12.7. The van der Waals surface area contributed by atoms with Crippen LogP contribution in [0.2, 0.25) is 0 Å². The molecule has 0 bridgehead atoms. The average Bonchev–Trinajstić information content (AvgIpc) is 3.06. The van der Waals surface area contributed by atoms with Crippen molar-refractivity contribution in [3.8, 4) is 0 Å². The summed E-state index contributed by atoms with van der Waals surface area (Å²) in [6.07, 6.45) is 2.81. The number of benzene rings is 1. The van der Waals surface area contributed by atoms with Crippen molar-refractivity contribution in [3.05, 3.63) is 62.3 Å². The molecule has 0 radical (unpaired) electrons. The lowest BCUT2D eigenvalue weighted by molar-refractivity contribution is -0.143. The Morgan fingerprint density at radius 2 is 2.08 bits per heavy atom. The molecule has 124 valence electrons. The van der Waals surface area contributed by atoms with Gasteiger partial charge in [0.2, 0.25) is 0 Å². The number of hydrogen-bond acceptors (Lipinski definition) is 5. The summed E-state index contributed by atoms with van der Waals surface area (Å²) in [6.45, 7) is 1.44. The van der Waals surface area contributed by atoms with E-state index in [1.165, 1.54) is 17.4 Å². The number of ether oxygens (including phenoxy) is 1. The minimum atomic E-state index is -0.674. The number of imide groups is 1. The molecule has 5 nitrogen and oxygen atoms in total. The van der Waals surface area contributed by atoms with Crippen LogP contribution < -0.4 is 5.32 Å². The molecule has 1 aromatic carbocycles. The number of halogens is 1. The Labute approximate surface area is 151 Å². The molecule has 1 aromatic heterocycles. The Balaban J connectivity index is 1.81. The van der Waals surface area contributed by atoms with Gasteiger partial charge in [-0.1, -0.05) is 34.1 Å². The summed E-state index contributed by atoms with van der Waals surface area (Å²) in [7, 11) is 0. The van der Waals surface area contributed by atoms with Gasteiger partial charge < -0.3 is 4.74 Å². The molecule has 7 heteroatoms. The summed E-state index contributed by atoms with van der Waals surface area (Å²) in [5, 5.41) is 3.88. The van der Waals surface area contributed by atoms with Crippen molar-refractivity contribution >= 4 is 51.1 Å². The number of carbonyl (C=O) groups excluding carboxylic acids is 3. The summed E-state index contributed by atoms with van der Waals surface area (Å²) in [5.41, 5.74) is 1.91. The Morgan fingerprint density at radius 3 is 2.75 bits per heavy atom. The first-order valence-corrected chi connectivity index (χ1v) is 8.61. The third-order valence-electron chi connectivity index (χ3n) is 2.90. The summed E-state index contributed by atoms with van der Waals surface area (Å²) in [6, 6.07) is 9.00. The molecule has 0 aliphatic rings. The second kappa shape index (κ2) is 8.56. The van der Waals surface area contributed by atoms with Gasteiger partial charge in [-0.05, 0) is 41.6 Å². The van der Waals surface area contributed by atoms with E-state index in [0.29, 0.717) is 4.88 Å². The number of rotatable bonds is 5. The topological polar surface area (TPSA) is 72.5 Å². The highest BCUT2D eigenvalue weighted by molar-refractivity contribution is 9.10. The first-order chi connectivity index (χ1) is 11.5. The molecule has 2 rings (SSSR count). The SMILES string of the molecule is Cc1ccc(/C=C/C(=O)OCC(=O)NC(=O)c2cccs2)c(Br)c1. The van der Waals surface area contributed by atoms with Crippen LogP contribution in [0.25, 0.3) is 6.08 Å². The Hall–Kier alpha value is -2.25. The van der Waals surface area contributed by atoms with Gasteiger partial charge in [-0.3, -0.25) is 14.9 Å². The van der Waals surface area contributed by atoms with Crippen molar-refractivity contribution in [2.24, 2.45) is 0 Å². The fourth-order valence-corrected chi connectivity index (χ4v) is 2.99. The summed E-state index contributed by atoms with van der Waals surface area (Å²) >= 11 is 4.62. The second-order valence-corrected chi connectivity index (χ2v) is 6.62. The van der Waals surface area contributed by atoms with Crippen LogP contribution in [-0.4, -0.2) is 24.4 Å². The van der Waals surface area contributed by atoms with Gasteiger partial charge in [-0.2, -0.15) is 0 Å². The predicted molar refractivity (Wildman–Crippen MR) is 95.7 cm³/mol. The number of carbonyl (C=O) groups is 3. The van der Waals surface area contributed by atoms with E-state index < -0.39 is 24.4 Å². The van der Waals surface area contributed by atoms with Gasteiger partial charge in [0.25, 0.3) is 11.8 Å². The predicted octanol–water partition coefficient (Wildman–Crippen LogP) is 3.33. The fourth-order valence-electron chi connectivity index (χ4n) is 1.74. The van der Waals surface area contributed by atoms with Crippen LogP contribution in [0.5, 0.6) is 0 Å². The van der Waals surface area contributed by atoms with Gasteiger partial charge in [-0.25, -0.2) is 4.79 Å². The number of thiophene rings is 1. The molecule has 0 aliphatic heterocycles. The van der Waals surface area contributed by atoms with Crippen LogP contribution in [0.1, 0.15) is 20.8 Å². The number of amides is 2. The molecule has 0 saturated carbocycles. The van der Waals surface area contributed by atoms with Crippen molar-refractivity contribution < 1.29 is 19.1 Å². The lowest BCUT2D eigenvalue weighted by atomic mass is 10.1. The van der Waals surface area contributed by atoms with Gasteiger partial charge in [-0.15, -0.1) is 11.3 Å². The normalized spacial score (nSPS) is 10.6. The van der Waals surface area contributed by atoms with E-state index >= 15 is 0 Å². The second-order valence-electron chi connectivity index (χ2n) is 4.82. The standard InChI is InChI=1S/C17H14BrNO4S/c1-11-4-5-12(13(18)9-11)6-7-16(21)23-10-15(20)19-17(22)14-3-2-8-24-14/h2-9H,10H2,1H3,(H,19,20,22)/b7-6+. The average molecular weight is 408 g/mol. The molecule has 24 heavy (non-hydrogen) atoms. The van der Waals surface area contributed by atoms with Gasteiger partial charge in [0, 0.05) is 10.5 Å². The van der Waals surface area contributed by atoms with E-state index in [4.69, 9.17) is 4.74 Å². The molecule has 2 aromatic rings. The van der Waals surface area contributed by atoms with Gasteiger partial charge >= 0.3 is 5.97 Å². The van der Waals surface area contributed by atoms with Crippen LogP contribution in [0.15, 0.2) is 46.3 Å². The maximum absolute atomic E-state index is 11.7. The van der Waals surface area contributed by atoms with Crippen molar-refractivity contribution in [2.45, 2.75) is 6.92 Å². The van der Waals surface area contributed by atoms with E-state index in [9.17, 15) is 14.4 Å². The molecule has 0 spiro atoms. The number of aryl methyl sites for hydroxylation is 1. The summed E-state index contributed by atoms with van der Waals surface area (Å²) in [4.78, 5) is 35.3. The monoisotopic (exact) mass is 407 g/mol. The van der Waals surface area contributed by atoms with E-state index in [2.05, 4.69) is 21.2 Å². The molecule has 0 aliphatic carbocycles. The Morgan fingerprint density at radius 1 is 1.29 bits per heavy atom. The quantitative estimate of drug-likeness (QED) is 0.609. The Bertz CT molecular complexity index is 784. The van der Waals surface area contributed by atoms with Crippen molar-refractivity contribution in [3.63, 3.8) is 0 Å². The van der Waals surface area contributed by atoms with Gasteiger partial charge in [0.15, 0.2) is 6.61 Å². The van der Waals surface area contributed by atoms with Gasteiger partial charge in [0.05, 0.1) is 4.88 Å². The highest BCUT2D eigenvalue weighted by Crippen LogP contribution is 2.19. The number of esters is 1. The molecular weight excluding hydrogens is 394 g/mol. The van der Waals surface area contributed by atoms with Gasteiger partial charge in [0.1, 0.15) is 0 Å². The van der Waals surface area contributed by atoms with Crippen LogP contribution in [-0.2, 0) is 14.3 Å². The maximum Gasteiger partial charge on any atom is 0.331 e. The third-order valence-corrected chi connectivity index (χ3v) is 4.45. The fraction of sp³-hybridized carbons (Fsp3) is 0.118. The first-order valence-electron chi connectivity index (χ1n) is 6.94. The lowest BCUT2D eigenvalue weighted by Crippen LogP contribution is -2.33. The highest BCUT2D eigenvalue weighted by atomic mass is 79.9. The largest absolute Gasteiger partial charge is 0.452 e. The van der Waals surface area contributed by atoms with E-state index in [0.717, 1.165) is 15.6 Å². The number of nitrogens with one attached hydrogen (secondary N) is 1. The molecule has 0 fully saturated rings. The van der Waals surface area contributed by atoms with Crippen LogP contribution >= 0.6 is 27.3 Å². The van der Waals surface area contributed by atoms with Crippen LogP contribution in [0.3, 0.4) is 0 Å². The van der Waals surface area contributed by atoms with Crippen molar-refractivity contribution in [2.75, 3.05) is 6.61 Å². The summed E-state index contributed by atoms with van der Waals surface area (Å²) in [5.74, 6) is -1.85. The van der Waals surface area contributed by atoms with E-state index in [1.54, 1.807) is 23.6 Å². The molecule has 1 N–H and O–H groups in total. The molecule has 2 amide bonds. The van der Waals surface area contributed by atoms with Crippen molar-refractivity contribution in [1.29, 1.82) is 0 Å². The molecule has 0 unspecified atom stereocenters. The van der Waals surface area contributed by atoms with E-state index in [1.807, 2.05) is 25.1 Å². The minimum Gasteiger partial charge on any atom is -0.452 e. The van der Waals surface area contributed by atoms with Crippen LogP contribution in [0.4, 0.5) is 0 Å². The first kappa shape index (κ1) is 18.1. The maximum atomic E-state index is 11.7. The molecule has 1 heterocycles. The zero-order valence-corrected chi connectivity index (χ0v) is 15.1. The third kappa shape index (κ3) is 5.43.